The Kier molecular flexibility index (Phi) is 8.37. The third-order valence-corrected chi connectivity index (χ3v) is 9.42. The number of carbonyl (C=O) groups is 1. The number of amides is 1. The number of pyridine rings is 1. The van der Waals surface area contributed by atoms with Gasteiger partial charge in [0, 0.05) is 37.6 Å². The highest BCUT2D eigenvalue weighted by atomic mass is 32.2. The molecule has 2 atom stereocenters. The molecule has 0 aliphatic carbocycles. The fourth-order valence-corrected chi connectivity index (χ4v) is 6.24. The molecule has 0 spiro atoms. The molecule has 1 amide bonds. The normalized spacial score (nSPS) is 19.4. The highest BCUT2D eigenvalue weighted by Gasteiger charge is 2.48. The Morgan fingerprint density at radius 3 is 2.42 bits per heavy atom. The lowest BCUT2D eigenvalue weighted by molar-refractivity contribution is -0.219. The fourth-order valence-electron chi connectivity index (χ4n) is 5.06. The second kappa shape index (κ2) is 11.1. The van der Waals surface area contributed by atoms with Gasteiger partial charge in [0.25, 0.3) is 15.9 Å². The number of ether oxygens (including phenoxy) is 1. The first-order valence-electron chi connectivity index (χ1n) is 13.8. The largest absolute Gasteiger partial charge is 0.476 e. The molecule has 1 unspecified atom stereocenters. The molecule has 236 valence electrons. The van der Waals surface area contributed by atoms with Crippen LogP contribution in [0, 0.1) is 24.2 Å². The van der Waals surface area contributed by atoms with Crippen molar-refractivity contribution in [1.29, 1.82) is 0 Å². The molecule has 11 nitrogen and oxygen atoms in total. The number of aryl methyl sites for hydroxylation is 2. The van der Waals surface area contributed by atoms with Gasteiger partial charge in [0.15, 0.2) is 5.82 Å². The van der Waals surface area contributed by atoms with Crippen molar-refractivity contribution in [2.75, 3.05) is 18.1 Å². The van der Waals surface area contributed by atoms with Gasteiger partial charge in [-0.1, -0.05) is 13.8 Å². The predicted molar refractivity (Wildman–Crippen MR) is 154 cm³/mol. The number of hydrogen-bond donors (Lipinski definition) is 1. The van der Waals surface area contributed by atoms with Crippen molar-refractivity contribution < 1.29 is 31.1 Å². The lowest BCUT2D eigenvalue weighted by Crippen LogP contribution is -2.54. The lowest BCUT2D eigenvalue weighted by Gasteiger charge is -2.49. The Morgan fingerprint density at radius 1 is 1.14 bits per heavy atom. The van der Waals surface area contributed by atoms with E-state index in [1.54, 1.807) is 7.05 Å². The maximum absolute atomic E-state index is 13.6. The minimum absolute atomic E-state index is 0.0267. The number of halogens is 3. The number of rotatable bonds is 8. The van der Waals surface area contributed by atoms with Gasteiger partial charge in [0.05, 0.1) is 16.7 Å². The molecule has 43 heavy (non-hydrogen) atoms. The Bertz CT molecular complexity index is 1610. The number of aromatic nitrogens is 5. The zero-order chi connectivity index (χ0) is 32.1. The second-order valence-corrected chi connectivity index (χ2v) is 14.2. The van der Waals surface area contributed by atoms with Crippen LogP contribution in [0.4, 0.5) is 19.0 Å². The second-order valence-electron chi connectivity index (χ2n) is 12.6. The first kappa shape index (κ1) is 32.3. The first-order chi connectivity index (χ1) is 19.7. The van der Waals surface area contributed by atoms with E-state index in [-0.39, 0.29) is 39.6 Å². The zero-order valence-electron chi connectivity index (χ0n) is 25.5. The number of nitrogens with zero attached hydrogens (tertiary/aromatic N) is 6. The highest BCUT2D eigenvalue weighted by Crippen LogP contribution is 2.39. The monoisotopic (exact) mass is 625 g/mol. The topological polar surface area (TPSA) is 124 Å². The maximum Gasteiger partial charge on any atom is 0.397 e. The molecule has 0 radical (unpaired) electrons. The minimum atomic E-state index is -4.46. The summed E-state index contributed by atoms with van der Waals surface area (Å²) in [6, 6.07) is 4.37. The van der Waals surface area contributed by atoms with E-state index in [1.807, 2.05) is 18.7 Å². The van der Waals surface area contributed by atoms with Crippen LogP contribution in [0.5, 0.6) is 5.88 Å². The lowest BCUT2D eigenvalue weighted by atomic mass is 9.78. The van der Waals surface area contributed by atoms with Gasteiger partial charge >= 0.3 is 6.18 Å². The molecular weight excluding hydrogens is 587 g/mol. The molecule has 1 fully saturated rings. The quantitative estimate of drug-likeness (QED) is 0.384. The van der Waals surface area contributed by atoms with Gasteiger partial charge in [0.1, 0.15) is 17.3 Å². The summed E-state index contributed by atoms with van der Waals surface area (Å²) < 4.78 is 76.3. The van der Waals surface area contributed by atoms with Crippen molar-refractivity contribution >= 4 is 21.7 Å². The van der Waals surface area contributed by atoms with Crippen LogP contribution in [0.2, 0.25) is 0 Å². The smallest absolute Gasteiger partial charge is 0.397 e. The van der Waals surface area contributed by atoms with Gasteiger partial charge in [-0.15, -0.1) is 5.10 Å². The molecule has 15 heteroatoms. The van der Waals surface area contributed by atoms with Gasteiger partial charge in [0.2, 0.25) is 5.88 Å². The molecule has 1 aliphatic rings. The van der Waals surface area contributed by atoms with E-state index in [1.165, 1.54) is 46.9 Å². The summed E-state index contributed by atoms with van der Waals surface area (Å²) in [5.41, 5.74) is -2.24. The molecule has 1 aliphatic heterocycles. The van der Waals surface area contributed by atoms with Crippen LogP contribution in [-0.2, 0) is 17.1 Å². The molecule has 1 N–H and O–H groups in total. The maximum atomic E-state index is 13.6. The number of hydrogen-bond acceptors (Lipinski definition) is 8. The van der Waals surface area contributed by atoms with Gasteiger partial charge in [-0.25, -0.2) is 22.8 Å². The van der Waals surface area contributed by atoms with Crippen molar-refractivity contribution in [3.05, 3.63) is 41.9 Å². The Balaban J connectivity index is 1.71. The average molecular weight is 626 g/mol. The minimum Gasteiger partial charge on any atom is -0.476 e. The Hall–Kier alpha value is -3.62. The summed E-state index contributed by atoms with van der Waals surface area (Å²) in [4.78, 5) is 20.2. The summed E-state index contributed by atoms with van der Waals surface area (Å²) in [6.45, 7) is 11.9. The molecule has 3 aromatic rings. The summed E-state index contributed by atoms with van der Waals surface area (Å²) in [5.74, 6) is 0.280. The van der Waals surface area contributed by atoms with Crippen LogP contribution < -0.4 is 14.4 Å². The molecule has 4 rings (SSSR count). The van der Waals surface area contributed by atoms with Crippen molar-refractivity contribution in [2.45, 2.75) is 71.5 Å². The number of sulfonamides is 1. The third kappa shape index (κ3) is 6.65. The van der Waals surface area contributed by atoms with E-state index in [0.29, 0.717) is 12.5 Å². The van der Waals surface area contributed by atoms with Crippen molar-refractivity contribution in [3.8, 4) is 11.7 Å². The van der Waals surface area contributed by atoms with E-state index in [4.69, 9.17) is 9.72 Å². The SMILES string of the molecule is Cc1nn(C)cc1S(=O)(=O)NC(=O)c1ccc(-n2ccc(OCC(C)(C)C(F)(F)F)n2)nc1N1CC(C)[C@@H](C)CC1(C)C. The van der Waals surface area contributed by atoms with E-state index in [9.17, 15) is 26.4 Å². The van der Waals surface area contributed by atoms with Crippen molar-refractivity contribution in [1.82, 2.24) is 29.3 Å². The predicted octanol–water partition coefficient (Wildman–Crippen LogP) is 4.66. The third-order valence-electron chi connectivity index (χ3n) is 7.99. The van der Waals surface area contributed by atoms with Crippen LogP contribution in [-0.4, -0.2) is 63.7 Å². The first-order valence-corrected chi connectivity index (χ1v) is 15.3. The van der Waals surface area contributed by atoms with Crippen LogP contribution in [0.3, 0.4) is 0 Å². The van der Waals surface area contributed by atoms with Gasteiger partial charge in [-0.2, -0.15) is 18.3 Å². The molecule has 1 saturated heterocycles. The molecule has 4 heterocycles. The van der Waals surface area contributed by atoms with Crippen LogP contribution in [0.15, 0.2) is 35.5 Å². The number of anilines is 1. The number of nitrogens with one attached hydrogen (secondary N) is 1. The summed E-state index contributed by atoms with van der Waals surface area (Å²) in [6.07, 6.45) is -0.856. The number of piperidine rings is 1. The molecular formula is C28H38F3N7O4S. The van der Waals surface area contributed by atoms with Gasteiger partial charge in [-0.3, -0.25) is 9.48 Å². The zero-order valence-corrected chi connectivity index (χ0v) is 26.3. The van der Waals surface area contributed by atoms with Gasteiger partial charge < -0.3 is 9.64 Å². The van der Waals surface area contributed by atoms with Crippen LogP contribution >= 0.6 is 0 Å². The Labute approximate surface area is 249 Å². The fraction of sp³-hybridized carbons (Fsp3) is 0.571. The van der Waals surface area contributed by atoms with E-state index in [2.05, 4.69) is 28.8 Å². The molecule has 3 aromatic heterocycles. The van der Waals surface area contributed by atoms with E-state index >= 15 is 0 Å². The van der Waals surface area contributed by atoms with E-state index in [0.717, 1.165) is 20.3 Å². The number of alkyl halides is 3. The molecule has 0 aromatic carbocycles. The highest BCUT2D eigenvalue weighted by molar-refractivity contribution is 7.90. The summed E-state index contributed by atoms with van der Waals surface area (Å²) in [7, 11) is -2.66. The van der Waals surface area contributed by atoms with E-state index < -0.39 is 39.7 Å². The van der Waals surface area contributed by atoms with Crippen LogP contribution in [0.25, 0.3) is 5.82 Å². The van der Waals surface area contributed by atoms with Crippen LogP contribution in [0.1, 0.15) is 64.0 Å². The van der Waals surface area contributed by atoms with Crippen molar-refractivity contribution in [3.63, 3.8) is 0 Å². The summed E-state index contributed by atoms with van der Waals surface area (Å²) >= 11 is 0. The number of carbonyl (C=O) groups excluding carboxylic acids is 1. The summed E-state index contributed by atoms with van der Waals surface area (Å²) in [5, 5.41) is 8.30. The Morgan fingerprint density at radius 2 is 1.81 bits per heavy atom. The standard InChI is InChI=1S/C28H38F3N7O4S/c1-17-13-27(6,7)37(14-18(17)2)24-20(25(39)35-43(40,41)21-15-36(8)33-19(21)3)9-10-22(32-24)38-12-11-23(34-38)42-16-26(4,5)28(29,30)31/h9-12,15,17-18H,13-14,16H2,1-8H3,(H,35,39)/t17-,18?/m0/s1. The molecule has 0 saturated carbocycles. The van der Waals surface area contributed by atoms with Gasteiger partial charge in [-0.05, 0) is 65.0 Å². The molecule has 0 bridgehead atoms. The average Bonchev–Trinajstić information content (AvgIpc) is 3.49. The van der Waals surface area contributed by atoms with Crippen molar-refractivity contribution in [2.24, 2.45) is 24.3 Å².